The maximum absolute atomic E-state index is 3.64. The Balaban J connectivity index is 1.73. The fraction of sp³-hybridized carbons (Fsp3) is 0.692. The van der Waals surface area contributed by atoms with Gasteiger partial charge >= 0.3 is 0 Å². The molecule has 0 atom stereocenters. The zero-order chi connectivity index (χ0) is 10.7. The van der Waals surface area contributed by atoms with Gasteiger partial charge in [0.2, 0.25) is 0 Å². The van der Waals surface area contributed by atoms with Crippen molar-refractivity contribution in [2.24, 2.45) is 5.41 Å². The van der Waals surface area contributed by atoms with Gasteiger partial charge in [0.15, 0.2) is 0 Å². The van der Waals surface area contributed by atoms with Gasteiger partial charge < -0.3 is 10.3 Å². The molecule has 2 rings (SSSR count). The molecule has 0 aliphatic heterocycles. The fourth-order valence-corrected chi connectivity index (χ4v) is 2.33. The molecule has 1 aromatic heterocycles. The van der Waals surface area contributed by atoms with Gasteiger partial charge in [-0.25, -0.2) is 0 Å². The summed E-state index contributed by atoms with van der Waals surface area (Å²) in [6.45, 7) is 5.78. The van der Waals surface area contributed by atoms with Crippen LogP contribution in [0, 0.1) is 5.41 Å². The molecule has 1 heterocycles. The van der Waals surface area contributed by atoms with Crippen molar-refractivity contribution in [3.05, 3.63) is 24.0 Å². The molecule has 2 N–H and O–H groups in total. The Labute approximate surface area is 92.5 Å². The van der Waals surface area contributed by atoms with E-state index in [1.165, 1.54) is 31.2 Å². The number of nitrogens with one attached hydrogen (secondary N) is 2. The first-order valence-corrected chi connectivity index (χ1v) is 6.01. The highest BCUT2D eigenvalue weighted by Crippen LogP contribution is 2.34. The second-order valence-electron chi connectivity index (χ2n) is 5.54. The smallest absolute Gasteiger partial charge is 0.0223 e. The molecule has 2 nitrogen and oxygen atoms in total. The van der Waals surface area contributed by atoms with Crippen LogP contribution in [0.4, 0.5) is 0 Å². The average Bonchev–Trinajstić information content (AvgIpc) is 2.69. The van der Waals surface area contributed by atoms with Gasteiger partial charge in [-0.1, -0.05) is 13.8 Å². The summed E-state index contributed by atoms with van der Waals surface area (Å²) in [7, 11) is 0. The maximum Gasteiger partial charge on any atom is 0.0223 e. The van der Waals surface area contributed by atoms with E-state index in [-0.39, 0.29) is 0 Å². The predicted octanol–water partition coefficient (Wildman–Crippen LogP) is 3.07. The first-order chi connectivity index (χ1) is 7.16. The van der Waals surface area contributed by atoms with E-state index < -0.39 is 0 Å². The quantitative estimate of drug-likeness (QED) is 0.781. The van der Waals surface area contributed by atoms with Crippen molar-refractivity contribution in [1.82, 2.24) is 10.3 Å². The second-order valence-corrected chi connectivity index (χ2v) is 5.54. The molecule has 2 heteroatoms. The lowest BCUT2D eigenvalue weighted by Gasteiger charge is -2.34. The standard InChI is InChI=1S/C13H22N2/c1-13(2)6-3-12(4-7-13)15-10-11-5-8-14-9-11/h5,8-9,12,14-15H,3-4,6-7,10H2,1-2H3. The lowest BCUT2D eigenvalue weighted by molar-refractivity contribution is 0.206. The molecule has 0 radical (unpaired) electrons. The molecular weight excluding hydrogens is 184 g/mol. The Morgan fingerprint density at radius 3 is 2.73 bits per heavy atom. The number of rotatable bonds is 3. The third-order valence-electron chi connectivity index (χ3n) is 3.60. The van der Waals surface area contributed by atoms with Gasteiger partial charge in [0.05, 0.1) is 0 Å². The Morgan fingerprint density at radius 1 is 1.40 bits per heavy atom. The molecule has 0 saturated heterocycles. The van der Waals surface area contributed by atoms with Crippen molar-refractivity contribution in [2.45, 2.75) is 52.1 Å². The minimum absolute atomic E-state index is 0.576. The van der Waals surface area contributed by atoms with Crippen molar-refractivity contribution in [1.29, 1.82) is 0 Å². The molecule has 1 aliphatic carbocycles. The molecule has 0 unspecified atom stereocenters. The molecule has 0 bridgehead atoms. The van der Waals surface area contributed by atoms with Crippen molar-refractivity contribution >= 4 is 0 Å². The highest BCUT2D eigenvalue weighted by atomic mass is 14.9. The Hall–Kier alpha value is -0.760. The number of hydrogen-bond donors (Lipinski definition) is 2. The van der Waals surface area contributed by atoms with Crippen LogP contribution in [0.3, 0.4) is 0 Å². The summed E-state index contributed by atoms with van der Waals surface area (Å²) in [4.78, 5) is 3.09. The van der Waals surface area contributed by atoms with Crippen molar-refractivity contribution in [2.75, 3.05) is 0 Å². The highest BCUT2D eigenvalue weighted by molar-refractivity contribution is 5.07. The van der Waals surface area contributed by atoms with Crippen LogP contribution < -0.4 is 5.32 Å². The molecule has 1 aromatic rings. The van der Waals surface area contributed by atoms with E-state index >= 15 is 0 Å². The van der Waals surface area contributed by atoms with Crippen LogP contribution in [0.2, 0.25) is 0 Å². The van der Waals surface area contributed by atoms with E-state index in [2.05, 4.69) is 36.4 Å². The van der Waals surface area contributed by atoms with Crippen LogP contribution >= 0.6 is 0 Å². The zero-order valence-electron chi connectivity index (χ0n) is 9.84. The van der Waals surface area contributed by atoms with Crippen molar-refractivity contribution in [3.63, 3.8) is 0 Å². The lowest BCUT2D eigenvalue weighted by Crippen LogP contribution is -2.35. The molecule has 0 spiro atoms. The van der Waals surface area contributed by atoms with E-state index in [0.29, 0.717) is 5.41 Å². The second kappa shape index (κ2) is 4.40. The predicted molar refractivity (Wildman–Crippen MR) is 63.7 cm³/mol. The third kappa shape index (κ3) is 3.10. The van der Waals surface area contributed by atoms with Crippen LogP contribution in [0.15, 0.2) is 18.5 Å². The number of aromatic nitrogens is 1. The maximum atomic E-state index is 3.64. The van der Waals surface area contributed by atoms with Gasteiger partial charge in [-0.15, -0.1) is 0 Å². The van der Waals surface area contributed by atoms with Gasteiger partial charge in [-0.05, 0) is 42.7 Å². The van der Waals surface area contributed by atoms with Crippen molar-refractivity contribution in [3.8, 4) is 0 Å². The van der Waals surface area contributed by atoms with E-state index in [0.717, 1.165) is 12.6 Å². The van der Waals surface area contributed by atoms with Crippen LogP contribution in [0.5, 0.6) is 0 Å². The van der Waals surface area contributed by atoms with Crippen LogP contribution in [0.1, 0.15) is 45.1 Å². The average molecular weight is 206 g/mol. The molecule has 84 valence electrons. The van der Waals surface area contributed by atoms with Gasteiger partial charge in [0, 0.05) is 25.0 Å². The first kappa shape index (κ1) is 10.7. The monoisotopic (exact) mass is 206 g/mol. The summed E-state index contributed by atoms with van der Waals surface area (Å²) in [6, 6.07) is 2.87. The summed E-state index contributed by atoms with van der Waals surface area (Å²) in [5.41, 5.74) is 1.94. The molecular formula is C13H22N2. The summed E-state index contributed by atoms with van der Waals surface area (Å²) in [5.74, 6) is 0. The normalized spacial score (nSPS) is 21.7. The highest BCUT2D eigenvalue weighted by Gasteiger charge is 2.26. The fourth-order valence-electron chi connectivity index (χ4n) is 2.33. The zero-order valence-corrected chi connectivity index (χ0v) is 9.84. The van der Waals surface area contributed by atoms with Crippen LogP contribution in [-0.2, 0) is 6.54 Å². The Kier molecular flexibility index (Phi) is 3.15. The topological polar surface area (TPSA) is 27.8 Å². The Bertz CT molecular complexity index is 277. The molecule has 0 amide bonds. The molecule has 15 heavy (non-hydrogen) atoms. The largest absolute Gasteiger partial charge is 0.367 e. The minimum atomic E-state index is 0.576. The number of hydrogen-bond acceptors (Lipinski definition) is 1. The SMILES string of the molecule is CC1(C)CCC(NCc2cc[nH]c2)CC1. The van der Waals surface area contributed by atoms with Gasteiger partial charge in [0.1, 0.15) is 0 Å². The minimum Gasteiger partial charge on any atom is -0.367 e. The Morgan fingerprint density at radius 2 is 2.13 bits per heavy atom. The molecule has 1 saturated carbocycles. The summed E-state index contributed by atoms with van der Waals surface area (Å²) >= 11 is 0. The van der Waals surface area contributed by atoms with Crippen molar-refractivity contribution < 1.29 is 0 Å². The summed E-state index contributed by atoms with van der Waals surface area (Å²) in [6.07, 6.45) is 9.44. The van der Waals surface area contributed by atoms with Gasteiger partial charge in [0.25, 0.3) is 0 Å². The number of H-pyrrole nitrogens is 1. The van der Waals surface area contributed by atoms with Gasteiger partial charge in [-0.2, -0.15) is 0 Å². The number of aromatic amines is 1. The first-order valence-electron chi connectivity index (χ1n) is 6.01. The lowest BCUT2D eigenvalue weighted by atomic mass is 9.75. The van der Waals surface area contributed by atoms with Gasteiger partial charge in [-0.3, -0.25) is 0 Å². The van der Waals surface area contributed by atoms with E-state index in [1.807, 2.05) is 6.20 Å². The van der Waals surface area contributed by atoms with E-state index in [9.17, 15) is 0 Å². The summed E-state index contributed by atoms with van der Waals surface area (Å²) in [5, 5.41) is 3.64. The van der Waals surface area contributed by atoms with Crippen LogP contribution in [0.25, 0.3) is 0 Å². The molecule has 0 aromatic carbocycles. The third-order valence-corrected chi connectivity index (χ3v) is 3.60. The summed E-state index contributed by atoms with van der Waals surface area (Å²) < 4.78 is 0. The van der Waals surface area contributed by atoms with E-state index in [1.54, 1.807) is 0 Å². The van der Waals surface area contributed by atoms with Crippen LogP contribution in [-0.4, -0.2) is 11.0 Å². The molecule has 1 fully saturated rings. The molecule has 1 aliphatic rings. The van der Waals surface area contributed by atoms with E-state index in [4.69, 9.17) is 0 Å².